The van der Waals surface area contributed by atoms with Gasteiger partial charge >= 0.3 is 6.09 Å². The number of carbonyl (C=O) groups excluding carboxylic acids is 2. The molecule has 2 aromatic rings. The lowest BCUT2D eigenvalue weighted by Crippen LogP contribution is -2.28. The lowest BCUT2D eigenvalue weighted by atomic mass is 10.2. The lowest BCUT2D eigenvalue weighted by molar-refractivity contribution is -0.118. The van der Waals surface area contributed by atoms with Gasteiger partial charge in [0.1, 0.15) is 23.0 Å². The monoisotopic (exact) mass is 378 g/mol. The molecule has 0 radical (unpaired) electrons. The van der Waals surface area contributed by atoms with Crippen molar-refractivity contribution in [3.8, 4) is 5.75 Å². The van der Waals surface area contributed by atoms with E-state index in [0.29, 0.717) is 5.75 Å². The van der Waals surface area contributed by atoms with E-state index in [-0.39, 0.29) is 18.0 Å². The average molecular weight is 378 g/mol. The molecule has 0 heterocycles. The van der Waals surface area contributed by atoms with Crippen LogP contribution in [0.3, 0.4) is 0 Å². The van der Waals surface area contributed by atoms with Crippen molar-refractivity contribution in [2.24, 2.45) is 0 Å². The second-order valence-electron chi connectivity index (χ2n) is 6.61. The van der Waals surface area contributed by atoms with E-state index >= 15 is 0 Å². The number of rotatable bonds is 5. The molecule has 0 unspecified atom stereocenters. The topological polar surface area (TPSA) is 76.7 Å². The lowest BCUT2D eigenvalue weighted by Gasteiger charge is -2.20. The maximum Gasteiger partial charge on any atom is 0.412 e. The van der Waals surface area contributed by atoms with Gasteiger partial charge in [-0.2, -0.15) is 0 Å². The molecule has 0 fully saturated rings. The zero-order valence-corrected chi connectivity index (χ0v) is 15.1. The molecule has 27 heavy (non-hydrogen) atoms. The van der Waals surface area contributed by atoms with Crippen LogP contribution in [0.4, 0.5) is 25.0 Å². The van der Waals surface area contributed by atoms with E-state index < -0.39 is 29.2 Å². The van der Waals surface area contributed by atoms with E-state index in [2.05, 4.69) is 10.6 Å². The summed E-state index contributed by atoms with van der Waals surface area (Å²) in [6.45, 7) is 4.72. The smallest absolute Gasteiger partial charge is 0.412 e. The second kappa shape index (κ2) is 8.48. The molecule has 2 amide bonds. The normalized spacial score (nSPS) is 10.9. The number of ether oxygens (including phenoxy) is 2. The first-order chi connectivity index (χ1) is 12.6. The van der Waals surface area contributed by atoms with Crippen LogP contribution in [-0.2, 0) is 9.53 Å². The summed E-state index contributed by atoms with van der Waals surface area (Å²) in [6, 6.07) is 8.64. The van der Waals surface area contributed by atoms with Gasteiger partial charge in [0, 0.05) is 0 Å². The van der Waals surface area contributed by atoms with Crippen molar-refractivity contribution in [2.75, 3.05) is 17.2 Å². The van der Waals surface area contributed by atoms with Crippen molar-refractivity contribution in [3.63, 3.8) is 0 Å². The zero-order valence-electron chi connectivity index (χ0n) is 15.1. The first-order valence-corrected chi connectivity index (χ1v) is 8.10. The minimum atomic E-state index is -0.743. The molecule has 0 bridgehead atoms. The van der Waals surface area contributed by atoms with E-state index in [1.54, 1.807) is 20.8 Å². The summed E-state index contributed by atoms with van der Waals surface area (Å²) in [5.74, 6) is -1.31. The summed E-state index contributed by atoms with van der Waals surface area (Å²) in [5, 5.41) is 4.91. The first kappa shape index (κ1) is 20.2. The van der Waals surface area contributed by atoms with Crippen LogP contribution in [0.15, 0.2) is 42.5 Å². The van der Waals surface area contributed by atoms with Gasteiger partial charge in [-0.3, -0.25) is 10.1 Å². The maximum atomic E-state index is 13.5. The first-order valence-electron chi connectivity index (χ1n) is 8.10. The highest BCUT2D eigenvalue weighted by atomic mass is 19.1. The number of benzene rings is 2. The average Bonchev–Trinajstić information content (AvgIpc) is 2.55. The Hall–Kier alpha value is -3.16. The van der Waals surface area contributed by atoms with Crippen molar-refractivity contribution in [1.29, 1.82) is 0 Å². The van der Waals surface area contributed by atoms with E-state index in [9.17, 15) is 18.4 Å². The van der Waals surface area contributed by atoms with Crippen molar-refractivity contribution in [1.82, 2.24) is 0 Å². The fraction of sp³-hybridized carbons (Fsp3) is 0.263. The van der Waals surface area contributed by atoms with E-state index in [4.69, 9.17) is 9.47 Å². The molecule has 2 aromatic carbocycles. The highest BCUT2D eigenvalue weighted by Gasteiger charge is 2.18. The number of anilines is 2. The van der Waals surface area contributed by atoms with Crippen LogP contribution in [0.1, 0.15) is 20.8 Å². The fourth-order valence-corrected chi connectivity index (χ4v) is 2.01. The van der Waals surface area contributed by atoms with Crippen LogP contribution >= 0.6 is 0 Å². The SMILES string of the molecule is CC(C)(C)OC(=O)Nc1ccc(F)cc1NC(=O)COc1ccc(F)cc1. The molecule has 0 saturated carbocycles. The summed E-state index contributed by atoms with van der Waals surface area (Å²) in [6.07, 6.45) is -0.743. The Balaban J connectivity index is 2.01. The van der Waals surface area contributed by atoms with E-state index in [1.807, 2.05) is 0 Å². The molecule has 0 aliphatic carbocycles. The molecule has 0 aliphatic rings. The standard InChI is InChI=1S/C19H20F2N2O4/c1-19(2,3)27-18(25)23-15-9-6-13(21)10-16(15)22-17(24)11-26-14-7-4-12(20)5-8-14/h4-10H,11H2,1-3H3,(H,22,24)(H,23,25). The summed E-state index contributed by atoms with van der Waals surface area (Å²) in [7, 11) is 0. The Bertz CT molecular complexity index is 817. The molecule has 144 valence electrons. The highest BCUT2D eigenvalue weighted by molar-refractivity contribution is 5.98. The second-order valence-corrected chi connectivity index (χ2v) is 6.61. The molecule has 0 spiro atoms. The Morgan fingerprint density at radius 3 is 2.19 bits per heavy atom. The van der Waals surface area contributed by atoms with Gasteiger partial charge in [0.25, 0.3) is 5.91 Å². The van der Waals surface area contributed by atoms with Crippen LogP contribution in [-0.4, -0.2) is 24.2 Å². The molecule has 0 aliphatic heterocycles. The van der Waals surface area contributed by atoms with Crippen LogP contribution < -0.4 is 15.4 Å². The predicted molar refractivity (Wildman–Crippen MR) is 96.8 cm³/mol. The highest BCUT2D eigenvalue weighted by Crippen LogP contribution is 2.24. The Labute approximate surface area is 155 Å². The number of carbonyl (C=O) groups is 2. The van der Waals surface area contributed by atoms with Gasteiger partial charge in [-0.25, -0.2) is 13.6 Å². The maximum absolute atomic E-state index is 13.5. The van der Waals surface area contributed by atoms with Gasteiger partial charge in [-0.15, -0.1) is 0 Å². The predicted octanol–water partition coefficient (Wildman–Crippen LogP) is 4.33. The van der Waals surface area contributed by atoms with Crippen LogP contribution in [0.25, 0.3) is 0 Å². The number of amides is 2. The molecule has 6 nitrogen and oxygen atoms in total. The summed E-state index contributed by atoms with van der Waals surface area (Å²) in [5.41, 5.74) is -0.495. The molecule has 0 aromatic heterocycles. The molecule has 0 atom stereocenters. The van der Waals surface area contributed by atoms with Crippen LogP contribution in [0, 0.1) is 11.6 Å². The Morgan fingerprint density at radius 2 is 1.56 bits per heavy atom. The molecule has 0 saturated heterocycles. The van der Waals surface area contributed by atoms with Crippen LogP contribution in [0.5, 0.6) is 5.75 Å². The summed E-state index contributed by atoms with van der Waals surface area (Å²) in [4.78, 5) is 23.9. The number of hydrogen-bond donors (Lipinski definition) is 2. The molecule has 2 rings (SSSR count). The van der Waals surface area contributed by atoms with Gasteiger partial charge in [0.15, 0.2) is 6.61 Å². The zero-order chi connectivity index (χ0) is 20.0. The summed E-state index contributed by atoms with van der Waals surface area (Å²) >= 11 is 0. The van der Waals surface area contributed by atoms with Gasteiger partial charge in [0.2, 0.25) is 0 Å². The molecular weight excluding hydrogens is 358 g/mol. The van der Waals surface area contributed by atoms with Gasteiger partial charge < -0.3 is 14.8 Å². The van der Waals surface area contributed by atoms with E-state index in [1.165, 1.54) is 30.3 Å². The fourth-order valence-electron chi connectivity index (χ4n) is 2.01. The largest absolute Gasteiger partial charge is 0.484 e. The summed E-state index contributed by atoms with van der Waals surface area (Å²) < 4.78 is 36.7. The van der Waals surface area contributed by atoms with Gasteiger partial charge in [-0.1, -0.05) is 0 Å². The van der Waals surface area contributed by atoms with Crippen molar-refractivity contribution in [2.45, 2.75) is 26.4 Å². The number of nitrogens with one attached hydrogen (secondary N) is 2. The third kappa shape index (κ3) is 6.93. The Morgan fingerprint density at radius 1 is 0.926 bits per heavy atom. The molecule has 2 N–H and O–H groups in total. The molecule has 8 heteroatoms. The van der Waals surface area contributed by atoms with Crippen molar-refractivity contribution < 1.29 is 27.8 Å². The minimum absolute atomic E-state index is 0.0496. The van der Waals surface area contributed by atoms with Crippen LogP contribution in [0.2, 0.25) is 0 Å². The molecular formula is C19H20F2N2O4. The third-order valence-electron chi connectivity index (χ3n) is 3.07. The van der Waals surface area contributed by atoms with Crippen molar-refractivity contribution >= 4 is 23.4 Å². The third-order valence-corrected chi connectivity index (χ3v) is 3.07. The number of halogens is 2. The van der Waals surface area contributed by atoms with Crippen molar-refractivity contribution in [3.05, 3.63) is 54.1 Å². The minimum Gasteiger partial charge on any atom is -0.484 e. The Kier molecular flexibility index (Phi) is 6.33. The van der Waals surface area contributed by atoms with E-state index in [0.717, 1.165) is 12.1 Å². The quantitative estimate of drug-likeness (QED) is 0.812. The van der Waals surface area contributed by atoms with Gasteiger partial charge in [-0.05, 0) is 63.2 Å². The van der Waals surface area contributed by atoms with Gasteiger partial charge in [0.05, 0.1) is 11.4 Å². The number of hydrogen-bond acceptors (Lipinski definition) is 4.